The van der Waals surface area contributed by atoms with E-state index in [9.17, 15) is 0 Å². The van der Waals surface area contributed by atoms with Crippen LogP contribution in [-0.4, -0.2) is 17.5 Å². The first-order valence-electron chi connectivity index (χ1n) is 5.67. The van der Waals surface area contributed by atoms with Gasteiger partial charge in [-0.05, 0) is 33.3 Å². The van der Waals surface area contributed by atoms with Crippen molar-refractivity contribution < 1.29 is 4.42 Å². The van der Waals surface area contributed by atoms with Gasteiger partial charge in [0, 0.05) is 17.9 Å². The van der Waals surface area contributed by atoms with Gasteiger partial charge >= 0.3 is 0 Å². The molecule has 0 saturated carbocycles. The topological polar surface area (TPSA) is 37.5 Å². The van der Waals surface area contributed by atoms with Crippen LogP contribution in [0.5, 0.6) is 0 Å². The zero-order chi connectivity index (χ0) is 11.5. The maximum Gasteiger partial charge on any atom is 0.157 e. The maximum atomic E-state index is 5.54. The minimum atomic E-state index is 0.266. The van der Waals surface area contributed by atoms with E-state index in [1.807, 2.05) is 25.6 Å². The summed E-state index contributed by atoms with van der Waals surface area (Å²) in [6.45, 7) is 7.09. The van der Waals surface area contributed by atoms with E-state index < -0.39 is 0 Å². The fourth-order valence-corrected chi connectivity index (χ4v) is 2.80. The minimum absolute atomic E-state index is 0.266. The highest BCUT2D eigenvalue weighted by Gasteiger charge is 2.15. The van der Waals surface area contributed by atoms with Gasteiger partial charge in [0.05, 0.1) is 6.04 Å². The van der Waals surface area contributed by atoms with E-state index in [4.69, 9.17) is 4.42 Å². The molecule has 1 N–H and O–H groups in total. The Hall–Kier alpha value is -0.900. The monoisotopic (exact) mass is 238 g/mol. The Kier molecular flexibility index (Phi) is 3.59. The highest BCUT2D eigenvalue weighted by molar-refractivity contribution is 8.13. The number of hydrogen-bond acceptors (Lipinski definition) is 4. The normalized spacial score (nSPS) is 18.1. The lowest BCUT2D eigenvalue weighted by atomic mass is 10.1. The summed E-state index contributed by atoms with van der Waals surface area (Å²) in [6.07, 6.45) is 1.19. The zero-order valence-electron chi connectivity index (χ0n) is 10.0. The number of hydrogen-bond donors (Lipinski definition) is 1. The van der Waals surface area contributed by atoms with E-state index >= 15 is 0 Å². The van der Waals surface area contributed by atoms with E-state index in [1.165, 1.54) is 17.7 Å². The maximum absolute atomic E-state index is 5.54. The standard InChI is InChI=1S/C12H18N2OS/c1-8-7-11(10(3)15-8)9(2)14-12-13-5-4-6-16-12/h7,9H,4-6H2,1-3H3,(H,13,14). The van der Waals surface area contributed by atoms with Crippen LogP contribution in [0, 0.1) is 13.8 Å². The Bertz CT molecular complexity index is 398. The highest BCUT2D eigenvalue weighted by Crippen LogP contribution is 2.22. The van der Waals surface area contributed by atoms with E-state index in [-0.39, 0.29) is 6.04 Å². The summed E-state index contributed by atoms with van der Waals surface area (Å²) in [7, 11) is 0. The number of rotatable bonds is 2. The van der Waals surface area contributed by atoms with Gasteiger partial charge in [-0.25, -0.2) is 0 Å². The van der Waals surface area contributed by atoms with Crippen LogP contribution in [0.1, 0.15) is 36.5 Å². The minimum Gasteiger partial charge on any atom is -0.466 e. The summed E-state index contributed by atoms with van der Waals surface area (Å²) >= 11 is 1.81. The first kappa shape index (κ1) is 11.6. The molecule has 0 aliphatic carbocycles. The van der Waals surface area contributed by atoms with Crippen molar-refractivity contribution in [1.29, 1.82) is 0 Å². The first-order chi connectivity index (χ1) is 7.66. The van der Waals surface area contributed by atoms with Crippen LogP contribution in [-0.2, 0) is 0 Å². The van der Waals surface area contributed by atoms with Crippen molar-refractivity contribution in [3.63, 3.8) is 0 Å². The Labute approximate surface area is 101 Å². The molecule has 1 aliphatic heterocycles. The average Bonchev–Trinajstić information content (AvgIpc) is 2.59. The molecule has 1 aliphatic rings. The van der Waals surface area contributed by atoms with E-state index in [1.54, 1.807) is 0 Å². The molecule has 88 valence electrons. The highest BCUT2D eigenvalue weighted by atomic mass is 32.2. The Morgan fingerprint density at radius 1 is 1.50 bits per heavy atom. The van der Waals surface area contributed by atoms with Crippen LogP contribution in [0.15, 0.2) is 15.5 Å². The molecule has 0 radical (unpaired) electrons. The summed E-state index contributed by atoms with van der Waals surface area (Å²) in [5, 5.41) is 4.51. The Morgan fingerprint density at radius 2 is 2.31 bits per heavy atom. The number of aryl methyl sites for hydroxylation is 2. The summed E-state index contributed by atoms with van der Waals surface area (Å²) < 4.78 is 5.54. The van der Waals surface area contributed by atoms with Gasteiger partial charge in [-0.15, -0.1) is 0 Å². The van der Waals surface area contributed by atoms with Gasteiger partial charge in [0.2, 0.25) is 0 Å². The van der Waals surface area contributed by atoms with Crippen LogP contribution in [0.3, 0.4) is 0 Å². The largest absolute Gasteiger partial charge is 0.466 e. The van der Waals surface area contributed by atoms with Gasteiger partial charge in [-0.2, -0.15) is 0 Å². The molecule has 16 heavy (non-hydrogen) atoms. The summed E-state index contributed by atoms with van der Waals surface area (Å²) in [4.78, 5) is 4.47. The van der Waals surface area contributed by atoms with Crippen LogP contribution in [0.25, 0.3) is 0 Å². The number of thioether (sulfide) groups is 1. The van der Waals surface area contributed by atoms with Crippen molar-refractivity contribution in [3.8, 4) is 0 Å². The summed E-state index contributed by atoms with van der Waals surface area (Å²) in [5.41, 5.74) is 1.23. The number of amidine groups is 1. The smallest absolute Gasteiger partial charge is 0.157 e. The van der Waals surface area contributed by atoms with Gasteiger partial charge in [0.1, 0.15) is 11.5 Å². The third-order valence-electron chi connectivity index (χ3n) is 2.68. The van der Waals surface area contributed by atoms with Gasteiger partial charge in [0.15, 0.2) is 5.17 Å². The lowest BCUT2D eigenvalue weighted by Gasteiger charge is -2.18. The van der Waals surface area contributed by atoms with Gasteiger partial charge < -0.3 is 9.73 Å². The molecule has 0 bridgehead atoms. The third kappa shape index (κ3) is 2.61. The molecule has 1 aromatic heterocycles. The van der Waals surface area contributed by atoms with Crippen molar-refractivity contribution in [3.05, 3.63) is 23.2 Å². The predicted molar refractivity (Wildman–Crippen MR) is 69.1 cm³/mol. The van der Waals surface area contributed by atoms with Crippen molar-refractivity contribution in [2.75, 3.05) is 12.3 Å². The lowest BCUT2D eigenvalue weighted by molar-refractivity contribution is 0.497. The quantitative estimate of drug-likeness (QED) is 0.860. The number of nitrogens with zero attached hydrogens (tertiary/aromatic N) is 1. The Balaban J connectivity index is 2.04. The average molecular weight is 238 g/mol. The third-order valence-corrected chi connectivity index (χ3v) is 3.70. The SMILES string of the molecule is Cc1cc(C(C)NC2=NCCCS2)c(C)o1. The molecular formula is C12H18N2OS. The molecule has 1 aromatic rings. The lowest BCUT2D eigenvalue weighted by Crippen LogP contribution is -2.26. The Morgan fingerprint density at radius 3 is 2.88 bits per heavy atom. The molecule has 0 fully saturated rings. The van der Waals surface area contributed by atoms with Crippen molar-refractivity contribution >= 4 is 16.9 Å². The zero-order valence-corrected chi connectivity index (χ0v) is 10.9. The van der Waals surface area contributed by atoms with Gasteiger partial charge in [0.25, 0.3) is 0 Å². The molecule has 1 atom stereocenters. The number of nitrogens with one attached hydrogen (secondary N) is 1. The van der Waals surface area contributed by atoms with Crippen LogP contribution < -0.4 is 5.32 Å². The molecule has 0 amide bonds. The van der Waals surface area contributed by atoms with Crippen LogP contribution in [0.4, 0.5) is 0 Å². The molecule has 3 nitrogen and oxygen atoms in total. The van der Waals surface area contributed by atoms with Crippen molar-refractivity contribution in [2.24, 2.45) is 4.99 Å². The fourth-order valence-electron chi connectivity index (χ4n) is 1.89. The predicted octanol–water partition coefficient (Wildman–Crippen LogP) is 3.04. The molecule has 4 heteroatoms. The van der Waals surface area contributed by atoms with Crippen molar-refractivity contribution in [2.45, 2.75) is 33.2 Å². The molecular weight excluding hydrogens is 220 g/mol. The second-order valence-electron chi connectivity index (χ2n) is 4.12. The fraction of sp³-hybridized carbons (Fsp3) is 0.583. The number of furan rings is 1. The van der Waals surface area contributed by atoms with E-state index in [0.29, 0.717) is 0 Å². The van der Waals surface area contributed by atoms with Crippen molar-refractivity contribution in [1.82, 2.24) is 5.32 Å². The molecule has 2 rings (SSSR count). The molecule has 0 saturated heterocycles. The second kappa shape index (κ2) is 4.95. The summed E-state index contributed by atoms with van der Waals surface area (Å²) in [5.74, 6) is 3.14. The van der Waals surface area contributed by atoms with E-state index in [0.717, 1.165) is 23.2 Å². The summed E-state index contributed by atoms with van der Waals surface area (Å²) in [6, 6.07) is 2.36. The van der Waals surface area contributed by atoms with E-state index in [2.05, 4.69) is 23.3 Å². The number of aliphatic imine (C=N–C) groups is 1. The molecule has 1 unspecified atom stereocenters. The molecule has 0 spiro atoms. The first-order valence-corrected chi connectivity index (χ1v) is 6.66. The molecule has 2 heterocycles. The van der Waals surface area contributed by atoms with Gasteiger partial charge in [-0.1, -0.05) is 11.8 Å². The molecule has 0 aromatic carbocycles. The van der Waals surface area contributed by atoms with Crippen LogP contribution in [0.2, 0.25) is 0 Å². The van der Waals surface area contributed by atoms with Gasteiger partial charge in [-0.3, -0.25) is 4.99 Å². The van der Waals surface area contributed by atoms with Crippen LogP contribution >= 0.6 is 11.8 Å². The second-order valence-corrected chi connectivity index (χ2v) is 5.21.